The van der Waals surface area contributed by atoms with E-state index in [-0.39, 0.29) is 6.42 Å². The Labute approximate surface area is 123 Å². The summed E-state index contributed by atoms with van der Waals surface area (Å²) in [6.45, 7) is 0.575. The van der Waals surface area contributed by atoms with E-state index in [1.54, 1.807) is 0 Å². The molecular formula is C15H12BrNO3. The second-order valence-corrected chi connectivity index (χ2v) is 5.36. The number of halogens is 1. The van der Waals surface area contributed by atoms with Gasteiger partial charge in [-0.05, 0) is 39.7 Å². The van der Waals surface area contributed by atoms with Gasteiger partial charge in [0.2, 0.25) is 0 Å². The number of hydrogen-bond acceptors (Lipinski definition) is 2. The van der Waals surface area contributed by atoms with Gasteiger partial charge < -0.3 is 14.1 Å². The molecule has 102 valence electrons. The standard InChI is InChI=1S/C15H12BrNO3/c16-14-6-5-11(20-14)9-17-8-10(7-15(18)19)12-3-1-2-4-13(12)17/h1-6,8H,7,9H2,(H,18,19). The Balaban J connectivity index is 2.04. The number of carboxylic acids is 1. The van der Waals surface area contributed by atoms with Crippen molar-refractivity contribution in [2.45, 2.75) is 13.0 Å². The summed E-state index contributed by atoms with van der Waals surface area (Å²) in [5.74, 6) is -0.00634. The molecule has 0 aliphatic rings. The normalized spacial score (nSPS) is 11.1. The summed E-state index contributed by atoms with van der Waals surface area (Å²) in [4.78, 5) is 10.9. The molecule has 0 bridgehead atoms. The van der Waals surface area contributed by atoms with Crippen molar-refractivity contribution in [2.24, 2.45) is 0 Å². The Kier molecular flexibility index (Phi) is 3.36. The van der Waals surface area contributed by atoms with Gasteiger partial charge in [0.1, 0.15) is 5.76 Å². The maximum atomic E-state index is 10.9. The summed E-state index contributed by atoms with van der Waals surface area (Å²) in [5.41, 5.74) is 1.83. The van der Waals surface area contributed by atoms with Gasteiger partial charge in [-0.25, -0.2) is 0 Å². The molecule has 3 aromatic rings. The van der Waals surface area contributed by atoms with E-state index >= 15 is 0 Å². The first-order valence-electron chi connectivity index (χ1n) is 6.16. The second-order valence-electron chi connectivity index (χ2n) is 4.58. The van der Waals surface area contributed by atoms with Gasteiger partial charge in [0.15, 0.2) is 4.67 Å². The zero-order chi connectivity index (χ0) is 14.1. The van der Waals surface area contributed by atoms with Gasteiger partial charge in [-0.2, -0.15) is 0 Å². The first-order valence-corrected chi connectivity index (χ1v) is 6.95. The van der Waals surface area contributed by atoms with E-state index in [0.29, 0.717) is 11.2 Å². The zero-order valence-electron chi connectivity index (χ0n) is 10.5. The van der Waals surface area contributed by atoms with Crippen LogP contribution < -0.4 is 0 Å². The van der Waals surface area contributed by atoms with Crippen LogP contribution in [0.1, 0.15) is 11.3 Å². The monoisotopic (exact) mass is 333 g/mol. The highest BCUT2D eigenvalue weighted by atomic mass is 79.9. The van der Waals surface area contributed by atoms with Crippen LogP contribution in [0.3, 0.4) is 0 Å². The molecule has 0 saturated heterocycles. The molecule has 1 N–H and O–H groups in total. The van der Waals surface area contributed by atoms with Crippen molar-refractivity contribution >= 4 is 32.8 Å². The van der Waals surface area contributed by atoms with E-state index in [1.165, 1.54) is 0 Å². The number of fused-ring (bicyclic) bond motifs is 1. The fourth-order valence-electron chi connectivity index (χ4n) is 2.36. The van der Waals surface area contributed by atoms with E-state index in [0.717, 1.165) is 22.2 Å². The molecule has 0 unspecified atom stereocenters. The van der Waals surface area contributed by atoms with Gasteiger partial charge in [-0.3, -0.25) is 4.79 Å². The van der Waals surface area contributed by atoms with Crippen molar-refractivity contribution in [2.75, 3.05) is 0 Å². The molecule has 0 saturated carbocycles. The van der Waals surface area contributed by atoms with E-state index in [4.69, 9.17) is 9.52 Å². The van der Waals surface area contributed by atoms with Gasteiger partial charge in [-0.1, -0.05) is 18.2 Å². The highest BCUT2D eigenvalue weighted by molar-refractivity contribution is 9.10. The Bertz CT molecular complexity index is 772. The van der Waals surface area contributed by atoms with Crippen LogP contribution in [0.2, 0.25) is 0 Å². The molecule has 3 rings (SSSR count). The van der Waals surface area contributed by atoms with Crippen LogP contribution in [-0.4, -0.2) is 15.6 Å². The first-order chi connectivity index (χ1) is 9.63. The molecule has 0 aliphatic carbocycles. The van der Waals surface area contributed by atoms with Gasteiger partial charge in [0.05, 0.1) is 13.0 Å². The predicted octanol–water partition coefficient (Wildman–Crippen LogP) is 3.67. The number of aliphatic carboxylic acids is 1. The average molecular weight is 334 g/mol. The van der Waals surface area contributed by atoms with Crippen LogP contribution in [0.25, 0.3) is 10.9 Å². The van der Waals surface area contributed by atoms with Crippen LogP contribution in [0.5, 0.6) is 0 Å². The predicted molar refractivity (Wildman–Crippen MR) is 78.8 cm³/mol. The number of nitrogens with zero attached hydrogens (tertiary/aromatic N) is 1. The Morgan fingerprint density at radius 1 is 1.25 bits per heavy atom. The third kappa shape index (κ3) is 2.49. The third-order valence-electron chi connectivity index (χ3n) is 3.17. The van der Waals surface area contributed by atoms with Crippen molar-refractivity contribution in [1.82, 2.24) is 4.57 Å². The van der Waals surface area contributed by atoms with E-state index < -0.39 is 5.97 Å². The molecule has 20 heavy (non-hydrogen) atoms. The molecule has 4 nitrogen and oxygen atoms in total. The Morgan fingerprint density at radius 2 is 2.05 bits per heavy atom. The lowest BCUT2D eigenvalue weighted by Gasteiger charge is -2.02. The first kappa shape index (κ1) is 13.0. The van der Waals surface area contributed by atoms with Crippen molar-refractivity contribution in [1.29, 1.82) is 0 Å². The number of furan rings is 1. The van der Waals surface area contributed by atoms with Crippen molar-refractivity contribution in [3.63, 3.8) is 0 Å². The highest BCUT2D eigenvalue weighted by Gasteiger charge is 2.12. The molecule has 2 heterocycles. The number of hydrogen-bond donors (Lipinski definition) is 1. The molecule has 0 amide bonds. The van der Waals surface area contributed by atoms with E-state index in [2.05, 4.69) is 15.9 Å². The summed E-state index contributed by atoms with van der Waals surface area (Å²) in [5, 5.41) is 9.97. The number of para-hydroxylation sites is 1. The van der Waals surface area contributed by atoms with Crippen LogP contribution >= 0.6 is 15.9 Å². The minimum Gasteiger partial charge on any atom is -0.481 e. The smallest absolute Gasteiger partial charge is 0.307 e. The third-order valence-corrected chi connectivity index (χ3v) is 3.59. The van der Waals surface area contributed by atoms with E-state index in [9.17, 15) is 4.79 Å². The van der Waals surface area contributed by atoms with Crippen LogP contribution in [-0.2, 0) is 17.8 Å². The van der Waals surface area contributed by atoms with E-state index in [1.807, 2.05) is 47.2 Å². The highest BCUT2D eigenvalue weighted by Crippen LogP contribution is 2.24. The van der Waals surface area contributed by atoms with Gasteiger partial charge in [-0.15, -0.1) is 0 Å². The fraction of sp³-hybridized carbons (Fsp3) is 0.133. The molecule has 0 atom stereocenters. The summed E-state index contributed by atoms with van der Waals surface area (Å²) < 4.78 is 8.21. The molecule has 0 spiro atoms. The molecule has 2 aromatic heterocycles. The quantitative estimate of drug-likeness (QED) is 0.792. The van der Waals surface area contributed by atoms with Crippen LogP contribution in [0.4, 0.5) is 0 Å². The largest absolute Gasteiger partial charge is 0.481 e. The minimum absolute atomic E-state index is 0.0232. The topological polar surface area (TPSA) is 55.4 Å². The molecule has 0 fully saturated rings. The van der Waals surface area contributed by atoms with Crippen LogP contribution in [0.15, 0.2) is 51.7 Å². The summed E-state index contributed by atoms with van der Waals surface area (Å²) in [6.07, 6.45) is 1.91. The Morgan fingerprint density at radius 3 is 2.75 bits per heavy atom. The molecule has 0 radical (unpaired) electrons. The lowest BCUT2D eigenvalue weighted by Crippen LogP contribution is -1.99. The van der Waals surface area contributed by atoms with Gasteiger partial charge >= 0.3 is 5.97 Å². The number of benzene rings is 1. The molecule has 1 aromatic carbocycles. The summed E-state index contributed by atoms with van der Waals surface area (Å²) >= 11 is 3.28. The lowest BCUT2D eigenvalue weighted by atomic mass is 10.1. The van der Waals surface area contributed by atoms with Crippen LogP contribution in [0, 0.1) is 0 Å². The number of rotatable bonds is 4. The Hall–Kier alpha value is -2.01. The molecule has 5 heteroatoms. The number of carboxylic acid groups (broad SMARTS) is 1. The second kappa shape index (κ2) is 5.17. The number of aromatic nitrogens is 1. The van der Waals surface area contributed by atoms with Crippen molar-refractivity contribution in [3.05, 3.63) is 58.6 Å². The average Bonchev–Trinajstić information content (AvgIpc) is 2.95. The maximum absolute atomic E-state index is 10.9. The van der Waals surface area contributed by atoms with Gasteiger partial charge in [0.25, 0.3) is 0 Å². The maximum Gasteiger partial charge on any atom is 0.307 e. The summed E-state index contributed by atoms with van der Waals surface area (Å²) in [6, 6.07) is 11.5. The zero-order valence-corrected chi connectivity index (χ0v) is 12.1. The lowest BCUT2D eigenvalue weighted by molar-refractivity contribution is -0.136. The SMILES string of the molecule is O=C(O)Cc1cn(Cc2ccc(Br)o2)c2ccccc12. The molecule has 0 aliphatic heterocycles. The summed E-state index contributed by atoms with van der Waals surface area (Å²) in [7, 11) is 0. The fourth-order valence-corrected chi connectivity index (χ4v) is 2.70. The van der Waals surface area contributed by atoms with Crippen molar-refractivity contribution < 1.29 is 14.3 Å². The van der Waals surface area contributed by atoms with Gasteiger partial charge in [0, 0.05) is 17.1 Å². The van der Waals surface area contributed by atoms with Crippen molar-refractivity contribution in [3.8, 4) is 0 Å². The molecular weight excluding hydrogens is 322 g/mol. The number of carbonyl (C=O) groups is 1. The minimum atomic E-state index is -0.825.